The first-order valence-electron chi connectivity index (χ1n) is 8.90. The summed E-state index contributed by atoms with van der Waals surface area (Å²) in [4.78, 5) is 41.1. The van der Waals surface area contributed by atoms with Crippen LogP contribution in [0.5, 0.6) is 0 Å². The summed E-state index contributed by atoms with van der Waals surface area (Å²) in [6.07, 6.45) is 4.62. The Labute approximate surface area is 151 Å². The second-order valence-corrected chi connectivity index (χ2v) is 6.88. The van der Waals surface area contributed by atoms with Gasteiger partial charge in [-0.2, -0.15) is 0 Å². The third-order valence-corrected chi connectivity index (χ3v) is 5.18. The highest BCUT2D eigenvalue weighted by atomic mass is 16.3. The molecule has 1 atom stereocenters. The van der Waals surface area contributed by atoms with Gasteiger partial charge in [-0.25, -0.2) is 0 Å². The predicted molar refractivity (Wildman–Crippen MR) is 93.7 cm³/mol. The van der Waals surface area contributed by atoms with Gasteiger partial charge in [0.15, 0.2) is 0 Å². The van der Waals surface area contributed by atoms with Crippen LogP contribution in [-0.2, 0) is 6.54 Å². The van der Waals surface area contributed by atoms with Crippen LogP contribution in [0.1, 0.15) is 63.0 Å². The number of furan rings is 1. The minimum atomic E-state index is -0.386. The van der Waals surface area contributed by atoms with Crippen molar-refractivity contribution in [2.24, 2.45) is 0 Å². The molecule has 4 rings (SSSR count). The maximum atomic E-state index is 12.8. The Bertz CT molecular complexity index is 872. The molecule has 2 aliphatic rings. The van der Waals surface area contributed by atoms with Crippen molar-refractivity contribution in [3.05, 3.63) is 59.0 Å². The number of hydrogen-bond acceptors (Lipinski definition) is 4. The highest BCUT2D eigenvalue weighted by Crippen LogP contribution is 2.27. The van der Waals surface area contributed by atoms with E-state index in [4.69, 9.17) is 4.42 Å². The number of amides is 3. The molecule has 0 aliphatic carbocycles. The lowest BCUT2D eigenvalue weighted by Gasteiger charge is -2.33. The molecule has 2 aliphatic heterocycles. The molecule has 3 heterocycles. The number of piperidine rings is 1. The number of likely N-dealkylation sites (tertiary alicyclic amines) is 1. The lowest BCUT2D eigenvalue weighted by molar-refractivity contribution is 0.0626. The van der Waals surface area contributed by atoms with Crippen LogP contribution in [0.25, 0.3) is 0 Å². The summed E-state index contributed by atoms with van der Waals surface area (Å²) in [6.45, 7) is 2.87. The van der Waals surface area contributed by atoms with E-state index in [0.717, 1.165) is 30.7 Å². The minimum Gasteiger partial charge on any atom is -0.467 e. The molecule has 26 heavy (non-hydrogen) atoms. The standard InChI is InChI=1S/C20H20N2O4/c1-13-5-2-3-9-21(13)18(23)14-7-8-16-17(11-14)20(25)22(19(16)24)12-15-6-4-10-26-15/h4,6-8,10-11,13H,2-3,5,9,12H2,1H3. The SMILES string of the molecule is CC1CCCCN1C(=O)c1ccc2c(c1)C(=O)N(Cc1ccco1)C2=O. The lowest BCUT2D eigenvalue weighted by atomic mass is 10.0. The van der Waals surface area contributed by atoms with Crippen LogP contribution < -0.4 is 0 Å². The molecule has 2 aromatic rings. The molecule has 1 unspecified atom stereocenters. The largest absolute Gasteiger partial charge is 0.467 e. The fraction of sp³-hybridized carbons (Fsp3) is 0.350. The third-order valence-electron chi connectivity index (χ3n) is 5.18. The molecule has 6 nitrogen and oxygen atoms in total. The summed E-state index contributed by atoms with van der Waals surface area (Å²) in [5.41, 5.74) is 1.08. The highest BCUT2D eigenvalue weighted by molar-refractivity contribution is 6.22. The molecule has 0 radical (unpaired) electrons. The number of nitrogens with zero attached hydrogens (tertiary/aromatic N) is 2. The topological polar surface area (TPSA) is 70.8 Å². The number of carbonyl (C=O) groups excluding carboxylic acids is 3. The van der Waals surface area contributed by atoms with Gasteiger partial charge >= 0.3 is 0 Å². The number of rotatable bonds is 3. The Morgan fingerprint density at radius 2 is 1.96 bits per heavy atom. The Morgan fingerprint density at radius 3 is 2.69 bits per heavy atom. The molecule has 134 valence electrons. The van der Waals surface area contributed by atoms with Crippen molar-refractivity contribution in [3.8, 4) is 0 Å². The van der Waals surface area contributed by atoms with E-state index < -0.39 is 0 Å². The van der Waals surface area contributed by atoms with E-state index in [1.54, 1.807) is 30.3 Å². The number of benzene rings is 1. The Balaban J connectivity index is 1.60. The third kappa shape index (κ3) is 2.71. The summed E-state index contributed by atoms with van der Waals surface area (Å²) in [6, 6.07) is 8.41. The molecule has 1 aromatic heterocycles. The second-order valence-electron chi connectivity index (χ2n) is 6.88. The van der Waals surface area contributed by atoms with Gasteiger partial charge in [0, 0.05) is 18.2 Å². The van der Waals surface area contributed by atoms with E-state index in [2.05, 4.69) is 0 Å². The van der Waals surface area contributed by atoms with Gasteiger partial charge in [0.2, 0.25) is 0 Å². The first-order chi connectivity index (χ1) is 12.6. The van der Waals surface area contributed by atoms with Crippen LogP contribution in [0.4, 0.5) is 0 Å². The molecule has 1 saturated heterocycles. The summed E-state index contributed by atoms with van der Waals surface area (Å²) in [5, 5.41) is 0. The minimum absolute atomic E-state index is 0.0790. The van der Waals surface area contributed by atoms with Crippen LogP contribution in [-0.4, -0.2) is 40.1 Å². The zero-order valence-corrected chi connectivity index (χ0v) is 14.6. The summed E-state index contributed by atoms with van der Waals surface area (Å²) < 4.78 is 5.24. The van der Waals surface area contributed by atoms with Crippen LogP contribution in [0.3, 0.4) is 0 Å². The molecule has 3 amide bonds. The van der Waals surface area contributed by atoms with Crippen LogP contribution in [0, 0.1) is 0 Å². The van der Waals surface area contributed by atoms with Crippen molar-refractivity contribution in [1.82, 2.24) is 9.80 Å². The van der Waals surface area contributed by atoms with Gasteiger partial charge in [-0.3, -0.25) is 19.3 Å². The van der Waals surface area contributed by atoms with Crippen molar-refractivity contribution in [1.29, 1.82) is 0 Å². The van der Waals surface area contributed by atoms with E-state index in [0.29, 0.717) is 16.9 Å². The average Bonchev–Trinajstić information content (AvgIpc) is 3.25. The Hall–Kier alpha value is -2.89. The Morgan fingerprint density at radius 1 is 1.15 bits per heavy atom. The van der Waals surface area contributed by atoms with E-state index in [9.17, 15) is 14.4 Å². The van der Waals surface area contributed by atoms with Crippen molar-refractivity contribution in [2.45, 2.75) is 38.8 Å². The van der Waals surface area contributed by atoms with Gasteiger partial charge in [0.25, 0.3) is 17.7 Å². The molecular weight excluding hydrogens is 332 g/mol. The van der Waals surface area contributed by atoms with Crippen LogP contribution >= 0.6 is 0 Å². The van der Waals surface area contributed by atoms with Gasteiger partial charge in [-0.05, 0) is 56.5 Å². The summed E-state index contributed by atoms with van der Waals surface area (Å²) in [5.74, 6) is -0.280. The van der Waals surface area contributed by atoms with Crippen molar-refractivity contribution < 1.29 is 18.8 Å². The Kier molecular flexibility index (Phi) is 4.11. The maximum Gasteiger partial charge on any atom is 0.261 e. The number of imide groups is 1. The van der Waals surface area contributed by atoms with Gasteiger partial charge in [-0.15, -0.1) is 0 Å². The summed E-state index contributed by atoms with van der Waals surface area (Å²) >= 11 is 0. The fourth-order valence-corrected chi connectivity index (χ4v) is 3.69. The van der Waals surface area contributed by atoms with E-state index in [-0.39, 0.29) is 35.9 Å². The maximum absolute atomic E-state index is 12.8. The quantitative estimate of drug-likeness (QED) is 0.796. The molecule has 1 aromatic carbocycles. The monoisotopic (exact) mass is 352 g/mol. The highest BCUT2D eigenvalue weighted by Gasteiger charge is 2.37. The fourth-order valence-electron chi connectivity index (χ4n) is 3.69. The van der Waals surface area contributed by atoms with E-state index in [1.807, 2.05) is 11.8 Å². The zero-order valence-electron chi connectivity index (χ0n) is 14.6. The number of hydrogen-bond donors (Lipinski definition) is 0. The van der Waals surface area contributed by atoms with Crippen molar-refractivity contribution in [3.63, 3.8) is 0 Å². The van der Waals surface area contributed by atoms with Crippen LogP contribution in [0.2, 0.25) is 0 Å². The van der Waals surface area contributed by atoms with Crippen molar-refractivity contribution in [2.75, 3.05) is 6.54 Å². The van der Waals surface area contributed by atoms with Crippen molar-refractivity contribution >= 4 is 17.7 Å². The molecular formula is C20H20N2O4. The lowest BCUT2D eigenvalue weighted by Crippen LogP contribution is -2.42. The van der Waals surface area contributed by atoms with Gasteiger partial charge in [0.05, 0.1) is 23.9 Å². The molecule has 0 spiro atoms. The van der Waals surface area contributed by atoms with Gasteiger partial charge in [-0.1, -0.05) is 0 Å². The number of fused-ring (bicyclic) bond motifs is 1. The zero-order chi connectivity index (χ0) is 18.3. The van der Waals surface area contributed by atoms with Gasteiger partial charge in [0.1, 0.15) is 5.76 Å². The molecule has 0 N–H and O–H groups in total. The molecule has 0 saturated carbocycles. The van der Waals surface area contributed by atoms with E-state index in [1.165, 1.54) is 6.26 Å². The van der Waals surface area contributed by atoms with E-state index >= 15 is 0 Å². The average molecular weight is 352 g/mol. The van der Waals surface area contributed by atoms with Gasteiger partial charge < -0.3 is 9.32 Å². The first kappa shape index (κ1) is 16.6. The predicted octanol–water partition coefficient (Wildman–Crippen LogP) is 3.09. The normalized spacial score (nSPS) is 19.8. The summed E-state index contributed by atoms with van der Waals surface area (Å²) in [7, 11) is 0. The first-order valence-corrected chi connectivity index (χ1v) is 8.90. The molecule has 1 fully saturated rings. The second kappa shape index (κ2) is 6.44. The number of carbonyl (C=O) groups is 3. The molecule has 0 bridgehead atoms. The van der Waals surface area contributed by atoms with Crippen LogP contribution in [0.15, 0.2) is 41.0 Å². The molecule has 6 heteroatoms. The smallest absolute Gasteiger partial charge is 0.261 e.